The molecule has 0 aliphatic rings. The van der Waals surface area contributed by atoms with Gasteiger partial charge in [-0.15, -0.1) is 0 Å². The van der Waals surface area contributed by atoms with E-state index in [0.717, 1.165) is 5.56 Å². The number of carbonyl (C=O) groups is 2. The Morgan fingerprint density at radius 3 is 2.37 bits per heavy atom. The monoisotopic (exact) mass is 282 g/mol. The Morgan fingerprint density at radius 2 is 1.79 bits per heavy atom. The van der Waals surface area contributed by atoms with E-state index in [-0.39, 0.29) is 24.4 Å². The normalized spacial score (nSPS) is 11.9. The maximum absolute atomic E-state index is 11.9. The molecule has 1 aromatic rings. The molecule has 5 heteroatoms. The molecule has 0 radical (unpaired) electrons. The van der Waals surface area contributed by atoms with E-state index >= 15 is 0 Å². The van der Waals surface area contributed by atoms with Crippen molar-refractivity contribution in [2.75, 3.05) is 12.4 Å². The van der Waals surface area contributed by atoms with Crippen molar-refractivity contribution in [3.8, 4) is 0 Å². The van der Waals surface area contributed by atoms with Crippen molar-refractivity contribution in [1.29, 1.82) is 0 Å². The molecule has 0 aromatic heterocycles. The number of rotatable bonds is 7. The molecule has 0 N–H and O–H groups in total. The van der Waals surface area contributed by atoms with Crippen LogP contribution in [-0.4, -0.2) is 28.3 Å². The highest BCUT2D eigenvalue weighted by molar-refractivity contribution is 7.85. The molecule has 4 nitrogen and oxygen atoms in total. The largest absolute Gasteiger partial charge is 0.466 e. The Morgan fingerprint density at radius 1 is 1.16 bits per heavy atom. The van der Waals surface area contributed by atoms with Crippen LogP contribution in [0.2, 0.25) is 0 Å². The molecule has 0 spiro atoms. The lowest BCUT2D eigenvalue weighted by Crippen LogP contribution is -2.13. The molecular formula is C14H18O4S. The maximum atomic E-state index is 11.9. The van der Waals surface area contributed by atoms with Gasteiger partial charge < -0.3 is 4.74 Å². The summed E-state index contributed by atoms with van der Waals surface area (Å²) in [5.41, 5.74) is 1.08. The van der Waals surface area contributed by atoms with Gasteiger partial charge in [0, 0.05) is 11.3 Å². The summed E-state index contributed by atoms with van der Waals surface area (Å²) in [4.78, 5) is 23.3. The number of Topliss-reactive ketones (excluding diaryl/α,β-unsaturated/α-hetero) is 1. The van der Waals surface area contributed by atoms with Crippen LogP contribution in [-0.2, 0) is 25.1 Å². The Labute approximate surface area is 115 Å². The van der Waals surface area contributed by atoms with Crippen molar-refractivity contribution in [2.24, 2.45) is 0 Å². The number of esters is 1. The van der Waals surface area contributed by atoms with Crippen molar-refractivity contribution in [2.45, 2.75) is 31.6 Å². The molecule has 1 aromatic carbocycles. The van der Waals surface area contributed by atoms with Gasteiger partial charge in [0.15, 0.2) is 0 Å². The zero-order chi connectivity index (χ0) is 14.3. The lowest BCUT2D eigenvalue weighted by Gasteiger charge is -2.03. The van der Waals surface area contributed by atoms with Crippen molar-refractivity contribution in [3.63, 3.8) is 0 Å². The van der Waals surface area contributed by atoms with Crippen LogP contribution < -0.4 is 0 Å². The third-order valence-electron chi connectivity index (χ3n) is 2.49. The van der Waals surface area contributed by atoms with Crippen LogP contribution in [0.5, 0.6) is 0 Å². The minimum Gasteiger partial charge on any atom is -0.466 e. The first-order valence-corrected chi connectivity index (χ1v) is 7.47. The Kier molecular flexibility index (Phi) is 6.42. The van der Waals surface area contributed by atoms with Crippen LogP contribution in [0, 0.1) is 6.92 Å². The molecule has 19 heavy (non-hydrogen) atoms. The van der Waals surface area contributed by atoms with Gasteiger partial charge in [-0.3, -0.25) is 13.8 Å². The zero-order valence-corrected chi connectivity index (χ0v) is 12.0. The fraction of sp³-hybridized carbons (Fsp3) is 0.429. The summed E-state index contributed by atoms with van der Waals surface area (Å²) in [5, 5.41) is 0. The van der Waals surface area contributed by atoms with Crippen LogP contribution in [0.25, 0.3) is 0 Å². The molecular weight excluding hydrogens is 264 g/mol. The van der Waals surface area contributed by atoms with E-state index in [2.05, 4.69) is 0 Å². The van der Waals surface area contributed by atoms with E-state index in [9.17, 15) is 13.8 Å². The predicted molar refractivity (Wildman–Crippen MR) is 73.3 cm³/mol. The first-order valence-electron chi connectivity index (χ1n) is 6.15. The summed E-state index contributed by atoms with van der Waals surface area (Å²) >= 11 is 0. The van der Waals surface area contributed by atoms with Gasteiger partial charge in [-0.1, -0.05) is 17.7 Å². The Hall–Kier alpha value is -1.49. The minimum atomic E-state index is -1.34. The number of hydrogen-bond donors (Lipinski definition) is 0. The van der Waals surface area contributed by atoms with Gasteiger partial charge in [-0.2, -0.15) is 0 Å². The number of ketones is 1. The van der Waals surface area contributed by atoms with Crippen molar-refractivity contribution in [3.05, 3.63) is 29.8 Å². The van der Waals surface area contributed by atoms with Crippen LogP contribution in [0.3, 0.4) is 0 Å². The number of aryl methyl sites for hydroxylation is 1. The lowest BCUT2D eigenvalue weighted by atomic mass is 10.2. The number of hydrogen-bond acceptors (Lipinski definition) is 4. The summed E-state index contributed by atoms with van der Waals surface area (Å²) in [6.45, 7) is 3.96. The zero-order valence-electron chi connectivity index (χ0n) is 11.2. The van der Waals surface area contributed by atoms with Crippen LogP contribution in [0.15, 0.2) is 29.2 Å². The quantitative estimate of drug-likeness (QED) is 0.718. The molecule has 0 aliphatic heterocycles. The molecule has 0 saturated carbocycles. The average Bonchev–Trinajstić information content (AvgIpc) is 2.37. The third kappa shape index (κ3) is 5.79. The standard InChI is InChI=1S/C14H18O4S/c1-3-18-14(16)9-6-12(15)10-19(17)13-7-4-11(2)5-8-13/h4-5,7-8H,3,6,9-10H2,1-2H3. The van der Waals surface area contributed by atoms with Crippen LogP contribution in [0.4, 0.5) is 0 Å². The van der Waals surface area contributed by atoms with Gasteiger partial charge in [0.25, 0.3) is 0 Å². The lowest BCUT2D eigenvalue weighted by molar-refractivity contribution is -0.144. The molecule has 0 amide bonds. The maximum Gasteiger partial charge on any atom is 0.306 e. The average molecular weight is 282 g/mol. The summed E-state index contributed by atoms with van der Waals surface area (Å²) in [6, 6.07) is 7.22. The highest BCUT2D eigenvalue weighted by atomic mass is 32.2. The highest BCUT2D eigenvalue weighted by Crippen LogP contribution is 2.09. The van der Waals surface area contributed by atoms with E-state index in [1.165, 1.54) is 0 Å². The second-order valence-electron chi connectivity index (χ2n) is 4.15. The predicted octanol–water partition coefficient (Wildman–Crippen LogP) is 2.02. The third-order valence-corrected chi connectivity index (χ3v) is 3.87. The fourth-order valence-corrected chi connectivity index (χ4v) is 2.51. The van der Waals surface area contributed by atoms with Crippen molar-refractivity contribution < 1.29 is 18.5 Å². The van der Waals surface area contributed by atoms with Gasteiger partial charge in [0.05, 0.1) is 29.6 Å². The highest BCUT2D eigenvalue weighted by Gasteiger charge is 2.12. The summed E-state index contributed by atoms with van der Waals surface area (Å²) in [5.74, 6) is -0.633. The van der Waals surface area contributed by atoms with E-state index in [0.29, 0.717) is 11.5 Å². The Balaban J connectivity index is 2.42. The number of benzene rings is 1. The molecule has 0 bridgehead atoms. The van der Waals surface area contributed by atoms with E-state index in [4.69, 9.17) is 4.74 Å². The summed E-state index contributed by atoms with van der Waals surface area (Å²) in [7, 11) is -1.34. The summed E-state index contributed by atoms with van der Waals surface area (Å²) < 4.78 is 16.6. The second-order valence-corrected chi connectivity index (χ2v) is 5.60. The van der Waals surface area contributed by atoms with Crippen molar-refractivity contribution >= 4 is 22.6 Å². The van der Waals surface area contributed by atoms with Gasteiger partial charge in [0.2, 0.25) is 0 Å². The first kappa shape index (κ1) is 15.6. The van der Waals surface area contributed by atoms with Gasteiger partial charge in [0.1, 0.15) is 5.78 Å². The Bertz CT molecular complexity index is 465. The number of ether oxygens (including phenoxy) is 1. The fourth-order valence-electron chi connectivity index (χ4n) is 1.47. The van der Waals surface area contributed by atoms with Crippen LogP contribution in [0.1, 0.15) is 25.3 Å². The van der Waals surface area contributed by atoms with Gasteiger partial charge >= 0.3 is 5.97 Å². The topological polar surface area (TPSA) is 60.4 Å². The molecule has 0 heterocycles. The molecule has 0 aliphatic carbocycles. The van der Waals surface area contributed by atoms with E-state index < -0.39 is 16.8 Å². The SMILES string of the molecule is CCOC(=O)CCC(=O)CS(=O)c1ccc(C)cc1. The number of carbonyl (C=O) groups excluding carboxylic acids is 2. The van der Waals surface area contributed by atoms with Crippen molar-refractivity contribution in [1.82, 2.24) is 0 Å². The molecule has 1 rings (SSSR count). The van der Waals surface area contributed by atoms with Gasteiger partial charge in [-0.05, 0) is 26.0 Å². The molecule has 104 valence electrons. The molecule has 0 fully saturated rings. The molecule has 0 saturated heterocycles. The van der Waals surface area contributed by atoms with E-state index in [1.807, 2.05) is 19.1 Å². The van der Waals surface area contributed by atoms with Gasteiger partial charge in [-0.25, -0.2) is 0 Å². The summed E-state index contributed by atoms with van der Waals surface area (Å²) in [6.07, 6.45) is 0.133. The van der Waals surface area contributed by atoms with Crippen LogP contribution >= 0.6 is 0 Å². The minimum absolute atomic E-state index is 0.0531. The first-order chi connectivity index (χ1) is 9.02. The molecule has 1 unspecified atom stereocenters. The molecule has 1 atom stereocenters. The second kappa shape index (κ2) is 7.84. The smallest absolute Gasteiger partial charge is 0.306 e. The van der Waals surface area contributed by atoms with E-state index in [1.54, 1.807) is 19.1 Å².